The summed E-state index contributed by atoms with van der Waals surface area (Å²) in [6.45, 7) is 17.7. The van der Waals surface area contributed by atoms with Gasteiger partial charge in [-0.2, -0.15) is 8.42 Å². The number of rotatable bonds is 11. The minimum Gasteiger partial charge on any atom is -0.461 e. The smallest absolute Gasteiger partial charge is 0.397 e. The van der Waals surface area contributed by atoms with E-state index in [-0.39, 0.29) is 35.2 Å². The Balaban J connectivity index is 1.13. The molecule has 3 saturated heterocycles. The summed E-state index contributed by atoms with van der Waals surface area (Å²) in [6, 6.07) is 0. The van der Waals surface area contributed by atoms with E-state index in [1.807, 2.05) is 13.8 Å². The number of aliphatic hydroxyl groups is 5. The van der Waals surface area contributed by atoms with Gasteiger partial charge in [-0.3, -0.25) is 9.35 Å². The lowest BCUT2D eigenvalue weighted by Crippen LogP contribution is -2.64. The van der Waals surface area contributed by atoms with Crippen LogP contribution in [0.5, 0.6) is 0 Å². The Kier molecular flexibility index (Phi) is 11.3. The molecule has 15 nitrogen and oxygen atoms in total. The van der Waals surface area contributed by atoms with Crippen molar-refractivity contribution in [1.29, 1.82) is 0 Å². The van der Waals surface area contributed by atoms with Crippen molar-refractivity contribution < 1.29 is 71.2 Å². The van der Waals surface area contributed by atoms with E-state index in [1.165, 1.54) is 12.5 Å². The van der Waals surface area contributed by atoms with Crippen molar-refractivity contribution in [2.75, 3.05) is 6.61 Å². The molecule has 7 aliphatic rings. The number of carbonyl (C=O) groups excluding carboxylic acids is 1. The van der Waals surface area contributed by atoms with Crippen molar-refractivity contribution in [3.8, 4) is 0 Å². The van der Waals surface area contributed by atoms with E-state index < -0.39 is 100 Å². The molecule has 6 fully saturated rings. The van der Waals surface area contributed by atoms with Gasteiger partial charge in [0, 0.05) is 11.3 Å². The molecule has 4 aliphatic carbocycles. The third-order valence-corrected chi connectivity index (χ3v) is 16.3. The predicted octanol–water partition coefficient (Wildman–Crippen LogP) is 3.11. The van der Waals surface area contributed by atoms with Crippen molar-refractivity contribution in [3.05, 3.63) is 23.8 Å². The topological polar surface area (TPSA) is 228 Å². The summed E-state index contributed by atoms with van der Waals surface area (Å²) in [5.41, 5.74) is -0.638. The second kappa shape index (κ2) is 14.8. The molecule has 0 unspecified atom stereocenters. The van der Waals surface area contributed by atoms with E-state index in [1.54, 1.807) is 0 Å². The maximum atomic E-state index is 14.0. The van der Waals surface area contributed by atoms with Crippen LogP contribution < -0.4 is 0 Å². The Morgan fingerprint density at radius 3 is 2.39 bits per heavy atom. The van der Waals surface area contributed by atoms with Gasteiger partial charge in [-0.25, -0.2) is 4.18 Å². The zero-order chi connectivity index (χ0) is 41.8. The number of hydrogen-bond donors (Lipinski definition) is 6. The van der Waals surface area contributed by atoms with Gasteiger partial charge in [-0.1, -0.05) is 44.9 Å². The van der Waals surface area contributed by atoms with Crippen LogP contribution in [0, 0.1) is 39.4 Å². The molecule has 57 heavy (non-hydrogen) atoms. The quantitative estimate of drug-likeness (QED) is 0.1000. The molecule has 3 saturated carbocycles. The normalized spacial score (nSPS) is 48.9. The molecule has 3 aliphatic heterocycles. The molecule has 3 heterocycles. The summed E-state index contributed by atoms with van der Waals surface area (Å²) < 4.78 is 67.7. The lowest BCUT2D eigenvalue weighted by atomic mass is 9.40. The highest BCUT2D eigenvalue weighted by molar-refractivity contribution is 7.80. The maximum Gasteiger partial charge on any atom is 0.397 e. The molecular weight excluding hydrogens is 765 g/mol. The highest BCUT2D eigenvalue weighted by Crippen LogP contribution is 2.76. The highest BCUT2D eigenvalue weighted by Gasteiger charge is 2.78. The van der Waals surface area contributed by atoms with Crippen LogP contribution in [-0.4, -0.2) is 124 Å². The van der Waals surface area contributed by atoms with Crippen LogP contribution in [0.3, 0.4) is 0 Å². The first-order valence-corrected chi connectivity index (χ1v) is 22.0. The van der Waals surface area contributed by atoms with E-state index in [2.05, 4.69) is 40.3 Å². The number of hydrogen-bond acceptors (Lipinski definition) is 14. The number of ether oxygens (including phenoxy) is 5. The standard InChI is InChI=1S/C41H64O15S/c1-20(2)10-9-15-40(8,47)33-24-18-39(7)23-11-12-26-37(4,5)27(14-16-38(26,6)22(23)13-17-41(33,39)36(46)53-24)54-35-32(29(43)25(19-51-35)56-57(48,49)50)55-34-31(45)30(44)28(42)21(3)52-34/h11,21-22,24-35,42-45,47H,1,9-10,12-19H2,2-8H3,(H,48,49,50)/t21-,22-,24+,25-,26+,27+,28-,29+,30+,31-,32-,33-,34+,35+,38-,39+,40+,41-/m1/s1. The first-order chi connectivity index (χ1) is 26.4. The zero-order valence-electron chi connectivity index (χ0n) is 34.2. The van der Waals surface area contributed by atoms with Crippen molar-refractivity contribution in [2.24, 2.45) is 39.4 Å². The van der Waals surface area contributed by atoms with Gasteiger partial charge in [0.05, 0.1) is 29.8 Å². The summed E-state index contributed by atoms with van der Waals surface area (Å²) in [4.78, 5) is 14.0. The molecule has 18 atom stereocenters. The second-order valence-electron chi connectivity index (χ2n) is 19.7. The Labute approximate surface area is 336 Å². The molecule has 0 radical (unpaired) electrons. The first kappa shape index (κ1) is 43.5. The Morgan fingerprint density at radius 1 is 1.02 bits per heavy atom. The van der Waals surface area contributed by atoms with E-state index >= 15 is 0 Å². The van der Waals surface area contributed by atoms with Crippen molar-refractivity contribution in [3.63, 3.8) is 0 Å². The van der Waals surface area contributed by atoms with Gasteiger partial charge < -0.3 is 49.2 Å². The van der Waals surface area contributed by atoms with Crippen molar-refractivity contribution in [2.45, 2.75) is 179 Å². The number of esters is 1. The molecular formula is C41H64O15S. The van der Waals surface area contributed by atoms with Crippen LogP contribution in [0.25, 0.3) is 0 Å². The van der Waals surface area contributed by atoms with Gasteiger partial charge in [0.2, 0.25) is 0 Å². The molecule has 2 bridgehead atoms. The summed E-state index contributed by atoms with van der Waals surface area (Å²) in [5, 5.41) is 54.8. The lowest BCUT2D eigenvalue weighted by molar-refractivity contribution is -0.362. The number of carbonyl (C=O) groups is 1. The largest absolute Gasteiger partial charge is 0.461 e. The Hall–Kier alpha value is -1.54. The third kappa shape index (κ3) is 6.99. The molecule has 324 valence electrons. The zero-order valence-corrected chi connectivity index (χ0v) is 35.0. The number of aliphatic hydroxyl groups excluding tert-OH is 4. The first-order valence-electron chi connectivity index (χ1n) is 20.6. The van der Waals surface area contributed by atoms with E-state index in [0.717, 1.165) is 37.7 Å². The fraction of sp³-hybridized carbons (Fsp3) is 0.878. The van der Waals surface area contributed by atoms with Gasteiger partial charge in [-0.15, -0.1) is 6.58 Å². The van der Waals surface area contributed by atoms with Gasteiger partial charge in [-0.05, 0) is 101 Å². The molecule has 7 rings (SSSR count). The predicted molar refractivity (Wildman–Crippen MR) is 202 cm³/mol. The average molecular weight is 829 g/mol. The van der Waals surface area contributed by atoms with Crippen LogP contribution in [-0.2, 0) is 43.1 Å². The monoisotopic (exact) mass is 828 g/mol. The molecule has 0 amide bonds. The second-order valence-corrected chi connectivity index (χ2v) is 20.7. The van der Waals surface area contributed by atoms with Gasteiger partial charge >= 0.3 is 16.4 Å². The minimum atomic E-state index is -5.01. The van der Waals surface area contributed by atoms with E-state index in [4.69, 9.17) is 27.9 Å². The molecule has 6 N–H and O–H groups in total. The third-order valence-electron chi connectivity index (χ3n) is 15.8. The molecule has 16 heteroatoms. The Morgan fingerprint density at radius 2 is 1.72 bits per heavy atom. The van der Waals surface area contributed by atoms with Crippen LogP contribution in [0.4, 0.5) is 0 Å². The van der Waals surface area contributed by atoms with Gasteiger partial charge in [0.25, 0.3) is 0 Å². The van der Waals surface area contributed by atoms with E-state index in [9.17, 15) is 43.3 Å². The van der Waals surface area contributed by atoms with Gasteiger partial charge in [0.15, 0.2) is 12.6 Å². The molecule has 0 aromatic heterocycles. The summed E-state index contributed by atoms with van der Waals surface area (Å²) >= 11 is 0. The fourth-order valence-electron chi connectivity index (χ4n) is 13.0. The minimum absolute atomic E-state index is 0.117. The summed E-state index contributed by atoms with van der Waals surface area (Å²) in [6.07, 6.45) is -5.62. The summed E-state index contributed by atoms with van der Waals surface area (Å²) in [5.74, 6) is -0.187. The molecule has 1 spiro atoms. The van der Waals surface area contributed by atoms with Crippen LogP contribution in [0.2, 0.25) is 0 Å². The van der Waals surface area contributed by atoms with Crippen molar-refractivity contribution >= 4 is 16.4 Å². The lowest BCUT2D eigenvalue weighted by Gasteiger charge is -2.64. The fourth-order valence-corrected chi connectivity index (χ4v) is 13.5. The summed E-state index contributed by atoms with van der Waals surface area (Å²) in [7, 11) is -5.01. The average Bonchev–Trinajstić information content (AvgIpc) is 3.54. The van der Waals surface area contributed by atoms with Crippen LogP contribution >= 0.6 is 0 Å². The van der Waals surface area contributed by atoms with Crippen LogP contribution in [0.1, 0.15) is 106 Å². The van der Waals surface area contributed by atoms with E-state index in [0.29, 0.717) is 25.7 Å². The highest BCUT2D eigenvalue weighted by atomic mass is 32.3. The Bertz CT molecular complexity index is 1710. The number of allylic oxidation sites excluding steroid dienone is 3. The van der Waals surface area contributed by atoms with Crippen molar-refractivity contribution in [1.82, 2.24) is 0 Å². The van der Waals surface area contributed by atoms with Crippen LogP contribution in [0.15, 0.2) is 23.8 Å². The maximum absolute atomic E-state index is 14.0. The van der Waals surface area contributed by atoms with Gasteiger partial charge in [0.1, 0.15) is 42.7 Å². The molecule has 0 aromatic rings. The SMILES string of the molecule is C=C(C)CCC[C@](C)(O)[C@H]1[C@@H]2C[C@@]3(C)C4=CC[C@H]5C(C)(C)[C@@H](O[C@@H]6OC[C@@H](OS(=O)(=O)O)[C@H](O)[C@H]6O[C@@H]6O[C@H](C)[C@@H](O)[C@H](O)[C@H]6O)CC[C@]5(C)[C@@H]4CC[C@]13C(=O)O2. The number of fused-ring (bicyclic) bond motifs is 5. The molecule has 0 aromatic carbocycles.